The number of likely N-dealkylation sites (tertiary alicyclic amines) is 1. The molecule has 3 fully saturated rings. The Labute approximate surface area is 194 Å². The fourth-order valence-corrected chi connectivity index (χ4v) is 5.58. The number of hydrogen-bond acceptors (Lipinski definition) is 6. The first-order chi connectivity index (χ1) is 16.1. The van der Waals surface area contributed by atoms with Gasteiger partial charge in [-0.25, -0.2) is 0 Å². The Balaban J connectivity index is 1.20. The highest BCUT2D eigenvalue weighted by Crippen LogP contribution is 2.31. The van der Waals surface area contributed by atoms with Crippen LogP contribution in [0.2, 0.25) is 0 Å². The molecule has 1 aromatic rings. The van der Waals surface area contributed by atoms with Gasteiger partial charge in [0.15, 0.2) is 0 Å². The zero-order chi connectivity index (χ0) is 22.8. The molecule has 0 aliphatic carbocycles. The summed E-state index contributed by atoms with van der Waals surface area (Å²) in [5.41, 5.74) is 1.50. The van der Waals surface area contributed by atoms with Crippen LogP contribution in [-0.2, 0) is 20.9 Å². The second-order valence-electron chi connectivity index (χ2n) is 9.73. The molecule has 8 nitrogen and oxygen atoms in total. The zero-order valence-corrected chi connectivity index (χ0v) is 19.1. The van der Waals surface area contributed by atoms with E-state index in [-0.39, 0.29) is 24.1 Å². The lowest BCUT2D eigenvalue weighted by Gasteiger charge is -2.38. The van der Waals surface area contributed by atoms with Crippen molar-refractivity contribution in [1.29, 1.82) is 0 Å². The summed E-state index contributed by atoms with van der Waals surface area (Å²) in [6.07, 6.45) is 6.55. The van der Waals surface area contributed by atoms with Crippen LogP contribution in [0.3, 0.4) is 0 Å². The third-order valence-electron chi connectivity index (χ3n) is 7.52. The maximum absolute atomic E-state index is 12.9. The monoisotopic (exact) mass is 455 g/mol. The van der Waals surface area contributed by atoms with Crippen molar-refractivity contribution >= 4 is 17.7 Å². The van der Waals surface area contributed by atoms with Crippen molar-refractivity contribution in [3.8, 4) is 5.75 Å². The van der Waals surface area contributed by atoms with Crippen molar-refractivity contribution in [1.82, 2.24) is 15.1 Å². The maximum atomic E-state index is 12.9. The highest BCUT2D eigenvalue weighted by atomic mass is 16.5. The van der Waals surface area contributed by atoms with E-state index < -0.39 is 6.04 Å². The van der Waals surface area contributed by atoms with Crippen molar-refractivity contribution < 1.29 is 23.9 Å². The van der Waals surface area contributed by atoms with Gasteiger partial charge in [-0.05, 0) is 68.3 Å². The molecule has 4 aliphatic heterocycles. The van der Waals surface area contributed by atoms with Crippen molar-refractivity contribution in [2.75, 3.05) is 32.9 Å². The van der Waals surface area contributed by atoms with Gasteiger partial charge in [0.05, 0.1) is 0 Å². The summed E-state index contributed by atoms with van der Waals surface area (Å²) in [5.74, 6) is 0.670. The minimum atomic E-state index is -0.590. The van der Waals surface area contributed by atoms with Crippen molar-refractivity contribution in [3.05, 3.63) is 29.3 Å². The second-order valence-corrected chi connectivity index (χ2v) is 9.73. The molecule has 178 valence electrons. The first-order valence-electron chi connectivity index (χ1n) is 12.3. The van der Waals surface area contributed by atoms with Crippen LogP contribution < -0.4 is 10.1 Å². The highest BCUT2D eigenvalue weighted by molar-refractivity contribution is 6.05. The largest absolute Gasteiger partial charge is 0.492 e. The van der Waals surface area contributed by atoms with Crippen LogP contribution in [0.15, 0.2) is 18.2 Å². The number of ether oxygens (including phenoxy) is 2. The van der Waals surface area contributed by atoms with E-state index in [4.69, 9.17) is 9.47 Å². The number of imide groups is 1. The fraction of sp³-hybridized carbons (Fsp3) is 0.640. The van der Waals surface area contributed by atoms with Crippen LogP contribution in [0.5, 0.6) is 5.75 Å². The van der Waals surface area contributed by atoms with Crippen molar-refractivity contribution in [2.45, 2.75) is 63.6 Å². The van der Waals surface area contributed by atoms with Crippen LogP contribution >= 0.6 is 0 Å². The summed E-state index contributed by atoms with van der Waals surface area (Å²) >= 11 is 0. The van der Waals surface area contributed by atoms with E-state index in [0.717, 1.165) is 56.9 Å². The molecular weight excluding hydrogens is 422 g/mol. The standard InChI is InChI=1S/C25H33N3O5/c29-23-7-6-22(24(30)26-23)28-15-18-13-20(4-5-21(18)25(28)31)33-16-19-3-1-2-10-27(19)14-17-8-11-32-12-9-17/h4-5,13,17,19,22H,1-3,6-12,14-16H2,(H,26,29,30)/t19-,22?/m1/s1. The molecule has 5 rings (SSSR count). The molecule has 1 N–H and O–H groups in total. The summed E-state index contributed by atoms with van der Waals surface area (Å²) in [5, 5.41) is 2.35. The fourth-order valence-electron chi connectivity index (χ4n) is 5.58. The third-order valence-corrected chi connectivity index (χ3v) is 7.52. The van der Waals surface area contributed by atoms with E-state index >= 15 is 0 Å². The first-order valence-corrected chi connectivity index (χ1v) is 12.3. The number of benzene rings is 1. The molecule has 1 aromatic carbocycles. The molecule has 2 atom stereocenters. The van der Waals surface area contributed by atoms with E-state index in [1.165, 1.54) is 12.8 Å². The van der Waals surface area contributed by atoms with Crippen molar-refractivity contribution in [2.24, 2.45) is 5.92 Å². The normalized spacial score (nSPS) is 26.9. The van der Waals surface area contributed by atoms with E-state index in [1.807, 2.05) is 12.1 Å². The van der Waals surface area contributed by atoms with Gasteiger partial charge in [-0.2, -0.15) is 0 Å². The first kappa shape index (κ1) is 22.3. The van der Waals surface area contributed by atoms with Crippen LogP contribution in [0.4, 0.5) is 0 Å². The minimum absolute atomic E-state index is 0.152. The second kappa shape index (κ2) is 9.81. The molecule has 8 heteroatoms. The molecule has 0 bridgehead atoms. The molecule has 0 aromatic heterocycles. The van der Waals surface area contributed by atoms with Gasteiger partial charge in [0, 0.05) is 44.3 Å². The molecule has 3 saturated heterocycles. The van der Waals surface area contributed by atoms with Gasteiger partial charge in [-0.1, -0.05) is 6.42 Å². The maximum Gasteiger partial charge on any atom is 0.255 e. The van der Waals surface area contributed by atoms with Crippen LogP contribution in [0.1, 0.15) is 60.9 Å². The van der Waals surface area contributed by atoms with Crippen LogP contribution in [0, 0.1) is 5.92 Å². The topological polar surface area (TPSA) is 88.2 Å². The summed E-state index contributed by atoms with van der Waals surface area (Å²) in [4.78, 5) is 40.7. The Bertz CT molecular complexity index is 913. The van der Waals surface area contributed by atoms with Gasteiger partial charge in [0.2, 0.25) is 11.8 Å². The number of amides is 3. The lowest BCUT2D eigenvalue weighted by Crippen LogP contribution is -2.52. The zero-order valence-electron chi connectivity index (χ0n) is 19.1. The molecule has 4 heterocycles. The van der Waals surface area contributed by atoms with Gasteiger partial charge in [-0.3, -0.25) is 24.6 Å². The molecule has 0 spiro atoms. The molecule has 0 radical (unpaired) electrons. The van der Waals surface area contributed by atoms with E-state index in [2.05, 4.69) is 10.2 Å². The lowest BCUT2D eigenvalue weighted by atomic mass is 9.96. The summed E-state index contributed by atoms with van der Waals surface area (Å²) in [7, 11) is 0. The quantitative estimate of drug-likeness (QED) is 0.661. The van der Waals surface area contributed by atoms with E-state index in [0.29, 0.717) is 37.1 Å². The van der Waals surface area contributed by atoms with Crippen molar-refractivity contribution in [3.63, 3.8) is 0 Å². The number of nitrogens with one attached hydrogen (secondary N) is 1. The lowest BCUT2D eigenvalue weighted by molar-refractivity contribution is -0.136. The number of carbonyl (C=O) groups is 3. The summed E-state index contributed by atoms with van der Waals surface area (Å²) in [6.45, 7) is 5.03. The number of hydrogen-bond donors (Lipinski definition) is 1. The number of fused-ring (bicyclic) bond motifs is 1. The predicted octanol–water partition coefficient (Wildman–Crippen LogP) is 2.11. The number of nitrogens with zero attached hydrogens (tertiary/aromatic N) is 2. The van der Waals surface area contributed by atoms with Gasteiger partial charge in [0.25, 0.3) is 5.91 Å². The molecule has 33 heavy (non-hydrogen) atoms. The van der Waals surface area contributed by atoms with Gasteiger partial charge >= 0.3 is 0 Å². The van der Waals surface area contributed by atoms with E-state index in [1.54, 1.807) is 11.0 Å². The molecule has 1 unspecified atom stereocenters. The molecule has 3 amide bonds. The van der Waals surface area contributed by atoms with E-state index in [9.17, 15) is 14.4 Å². The average Bonchev–Trinajstić information content (AvgIpc) is 3.14. The van der Waals surface area contributed by atoms with Gasteiger partial charge in [-0.15, -0.1) is 0 Å². The van der Waals surface area contributed by atoms with Crippen LogP contribution in [-0.4, -0.2) is 72.5 Å². The average molecular weight is 456 g/mol. The predicted molar refractivity (Wildman–Crippen MR) is 121 cm³/mol. The van der Waals surface area contributed by atoms with Gasteiger partial charge in [0.1, 0.15) is 18.4 Å². The number of rotatable bonds is 6. The molecule has 4 aliphatic rings. The summed E-state index contributed by atoms with van der Waals surface area (Å²) in [6, 6.07) is 5.42. The van der Waals surface area contributed by atoms with Crippen LogP contribution in [0.25, 0.3) is 0 Å². The Morgan fingerprint density at radius 3 is 2.73 bits per heavy atom. The SMILES string of the molecule is O=C1CCC(N2Cc3cc(OC[C@H]4CCCCN4CC4CCOCC4)ccc3C2=O)C(=O)N1. The number of piperidine rings is 2. The Hall–Kier alpha value is -2.45. The number of carbonyl (C=O) groups excluding carboxylic acids is 3. The Morgan fingerprint density at radius 1 is 1.06 bits per heavy atom. The molecular formula is C25H33N3O5. The van der Waals surface area contributed by atoms with Gasteiger partial charge < -0.3 is 14.4 Å². The third kappa shape index (κ3) is 4.92. The Morgan fingerprint density at radius 2 is 1.91 bits per heavy atom. The summed E-state index contributed by atoms with van der Waals surface area (Å²) < 4.78 is 11.7. The minimum Gasteiger partial charge on any atom is -0.492 e. The Kier molecular flexibility index (Phi) is 6.64. The molecule has 0 saturated carbocycles. The smallest absolute Gasteiger partial charge is 0.255 e. The highest BCUT2D eigenvalue weighted by Gasteiger charge is 2.39.